The molecule has 38 heavy (non-hydrogen) atoms. The molecule has 4 aliphatic rings. The van der Waals surface area contributed by atoms with Crippen LogP contribution in [0.5, 0.6) is 0 Å². The molecule has 2 aromatic carbocycles. The number of nitrogens with one attached hydrogen (secondary N) is 2. The van der Waals surface area contributed by atoms with Gasteiger partial charge < -0.3 is 15.2 Å². The first kappa shape index (κ1) is 23.6. The number of carbonyl (C=O) groups is 2. The van der Waals surface area contributed by atoms with Crippen molar-refractivity contribution in [3.05, 3.63) is 76.1 Å². The van der Waals surface area contributed by atoms with Gasteiger partial charge in [0.2, 0.25) is 5.91 Å². The number of nitrogens with zero attached hydrogens (tertiary/aromatic N) is 3. The van der Waals surface area contributed by atoms with Gasteiger partial charge in [0.05, 0.1) is 5.92 Å². The molecule has 3 fully saturated rings. The van der Waals surface area contributed by atoms with Gasteiger partial charge in [0, 0.05) is 72.7 Å². The normalized spacial score (nSPS) is 27.9. The van der Waals surface area contributed by atoms with Gasteiger partial charge in [0.15, 0.2) is 5.43 Å². The van der Waals surface area contributed by atoms with Gasteiger partial charge in [-0.2, -0.15) is 0 Å². The second kappa shape index (κ2) is 9.06. The van der Waals surface area contributed by atoms with Gasteiger partial charge in [-0.1, -0.05) is 30.3 Å². The Morgan fingerprint density at radius 2 is 1.76 bits per heavy atom. The number of aromatic amines is 1. The molecule has 7 rings (SSSR count). The standard InChI is InChI=1S/C30H33N5O3/c36-27-17-20(32-25-10-3-1-8-22(25)27)19-33-13-6-12-31-28(37)24-18-21-7-5-14-35(21)30(24)23-9-2-4-11-26(23)34(16-15-33)29(30)38/h1-4,8-11,17,21,24H,5-7,12-16,18-19H2,(H,31,37)(H,32,36)/t21-,24-,30+/m0/s1. The average Bonchev–Trinajstić information content (AvgIpc) is 3.58. The van der Waals surface area contributed by atoms with Crippen LogP contribution in [0.25, 0.3) is 10.9 Å². The number of amides is 2. The van der Waals surface area contributed by atoms with Gasteiger partial charge in [0.25, 0.3) is 5.91 Å². The first-order chi connectivity index (χ1) is 18.6. The van der Waals surface area contributed by atoms with Crippen LogP contribution < -0.4 is 15.6 Å². The van der Waals surface area contributed by atoms with Crippen molar-refractivity contribution in [2.45, 2.75) is 43.8 Å². The van der Waals surface area contributed by atoms with Crippen LogP contribution in [0.3, 0.4) is 0 Å². The molecule has 0 saturated carbocycles. The summed E-state index contributed by atoms with van der Waals surface area (Å²) in [7, 11) is 0. The van der Waals surface area contributed by atoms with Gasteiger partial charge in [0.1, 0.15) is 5.54 Å². The topological polar surface area (TPSA) is 88.7 Å². The monoisotopic (exact) mass is 511 g/mol. The van der Waals surface area contributed by atoms with Crippen LogP contribution in [0.4, 0.5) is 5.69 Å². The zero-order valence-corrected chi connectivity index (χ0v) is 21.5. The fraction of sp³-hybridized carbons (Fsp3) is 0.433. The average molecular weight is 512 g/mol. The Morgan fingerprint density at radius 1 is 0.921 bits per heavy atom. The van der Waals surface area contributed by atoms with Gasteiger partial charge in [-0.05, 0) is 50.4 Å². The molecule has 8 nitrogen and oxygen atoms in total. The third-order valence-electron chi connectivity index (χ3n) is 9.11. The molecule has 8 heteroatoms. The minimum atomic E-state index is -0.907. The van der Waals surface area contributed by atoms with Crippen molar-refractivity contribution in [2.24, 2.45) is 5.92 Å². The number of pyridine rings is 1. The molecule has 0 aliphatic carbocycles. The number of hydrogen-bond donors (Lipinski definition) is 2. The number of fused-ring (bicyclic) bond motifs is 5. The lowest BCUT2D eigenvalue weighted by molar-refractivity contribution is -0.139. The second-order valence-electron chi connectivity index (χ2n) is 11.1. The molecule has 2 amide bonds. The van der Waals surface area contributed by atoms with Crippen LogP contribution in [-0.2, 0) is 21.7 Å². The Balaban J connectivity index is 1.24. The summed E-state index contributed by atoms with van der Waals surface area (Å²) in [5.74, 6) is -0.331. The van der Waals surface area contributed by atoms with Crippen molar-refractivity contribution in [1.82, 2.24) is 20.1 Å². The smallest absolute Gasteiger partial charge is 0.253 e. The van der Waals surface area contributed by atoms with Gasteiger partial charge in [-0.25, -0.2) is 0 Å². The second-order valence-corrected chi connectivity index (χ2v) is 11.1. The van der Waals surface area contributed by atoms with Crippen molar-refractivity contribution in [2.75, 3.05) is 37.6 Å². The molecule has 2 bridgehead atoms. The fourth-order valence-corrected chi connectivity index (χ4v) is 7.51. The van der Waals surface area contributed by atoms with E-state index in [1.807, 2.05) is 47.4 Å². The van der Waals surface area contributed by atoms with Crippen molar-refractivity contribution in [3.8, 4) is 0 Å². The van der Waals surface area contributed by atoms with Crippen LogP contribution in [-0.4, -0.2) is 65.4 Å². The summed E-state index contributed by atoms with van der Waals surface area (Å²) in [5.41, 5.74) is 2.70. The van der Waals surface area contributed by atoms with Crippen LogP contribution in [0.15, 0.2) is 59.4 Å². The third kappa shape index (κ3) is 3.47. The lowest BCUT2D eigenvalue weighted by Crippen LogP contribution is -2.57. The SMILES string of the molecule is O=C1NCCCN(Cc2cc(=O)c3ccccc3[nH]2)CCN2C(=O)[C@@]3(c4ccccc42)[C@H]1C[C@@H]1CCCN13. The molecule has 2 N–H and O–H groups in total. The molecular weight excluding hydrogens is 478 g/mol. The maximum atomic E-state index is 14.5. The van der Waals surface area contributed by atoms with Crippen LogP contribution >= 0.6 is 0 Å². The van der Waals surface area contributed by atoms with E-state index in [4.69, 9.17) is 0 Å². The third-order valence-corrected chi connectivity index (χ3v) is 9.11. The van der Waals surface area contributed by atoms with Crippen molar-refractivity contribution >= 4 is 28.4 Å². The van der Waals surface area contributed by atoms with Gasteiger partial charge >= 0.3 is 0 Å². The molecule has 3 saturated heterocycles. The quantitative estimate of drug-likeness (QED) is 0.552. The van der Waals surface area contributed by atoms with Crippen molar-refractivity contribution in [3.63, 3.8) is 0 Å². The van der Waals surface area contributed by atoms with Crippen molar-refractivity contribution < 1.29 is 9.59 Å². The largest absolute Gasteiger partial charge is 0.357 e. The van der Waals surface area contributed by atoms with Gasteiger partial charge in [-0.3, -0.25) is 24.2 Å². The number of benzene rings is 2. The molecule has 3 aromatic rings. The van der Waals surface area contributed by atoms with E-state index in [-0.39, 0.29) is 29.2 Å². The summed E-state index contributed by atoms with van der Waals surface area (Å²) < 4.78 is 0. The molecule has 5 heterocycles. The fourth-order valence-electron chi connectivity index (χ4n) is 7.51. The van der Waals surface area contributed by atoms with E-state index >= 15 is 0 Å². The molecule has 0 unspecified atom stereocenters. The number of rotatable bonds is 2. The molecule has 4 aliphatic heterocycles. The van der Waals surface area contributed by atoms with E-state index < -0.39 is 5.54 Å². The van der Waals surface area contributed by atoms with E-state index in [0.717, 1.165) is 61.2 Å². The highest BCUT2D eigenvalue weighted by molar-refractivity contribution is 6.11. The number of anilines is 1. The Hall–Kier alpha value is -3.49. The highest BCUT2D eigenvalue weighted by Gasteiger charge is 2.67. The molecule has 3 atom stereocenters. The molecule has 0 radical (unpaired) electrons. The van der Waals surface area contributed by atoms with Crippen LogP contribution in [0, 0.1) is 5.92 Å². The van der Waals surface area contributed by atoms with Gasteiger partial charge in [-0.15, -0.1) is 0 Å². The summed E-state index contributed by atoms with van der Waals surface area (Å²) in [6.07, 6.45) is 3.64. The van der Waals surface area contributed by atoms with E-state index in [1.165, 1.54) is 0 Å². The highest BCUT2D eigenvalue weighted by atomic mass is 16.2. The van der Waals surface area contributed by atoms with E-state index in [9.17, 15) is 14.4 Å². The summed E-state index contributed by atoms with van der Waals surface area (Å²) in [4.78, 5) is 50.8. The minimum Gasteiger partial charge on any atom is -0.357 e. The predicted molar refractivity (Wildman–Crippen MR) is 146 cm³/mol. The minimum absolute atomic E-state index is 0.00427. The van der Waals surface area contributed by atoms with Crippen molar-refractivity contribution in [1.29, 1.82) is 0 Å². The zero-order chi connectivity index (χ0) is 25.9. The molecule has 196 valence electrons. The Morgan fingerprint density at radius 3 is 2.68 bits per heavy atom. The molecule has 1 aromatic heterocycles. The lowest BCUT2D eigenvalue weighted by Gasteiger charge is -2.38. The maximum absolute atomic E-state index is 14.5. The first-order valence-electron chi connectivity index (χ1n) is 13.9. The van der Waals surface area contributed by atoms with Crippen LogP contribution in [0.1, 0.15) is 36.9 Å². The Bertz CT molecular complexity index is 1480. The summed E-state index contributed by atoms with van der Waals surface area (Å²) in [6, 6.07) is 17.6. The van der Waals surface area contributed by atoms with E-state index in [0.29, 0.717) is 31.6 Å². The van der Waals surface area contributed by atoms with E-state index in [2.05, 4.69) is 26.2 Å². The highest BCUT2D eigenvalue weighted by Crippen LogP contribution is 2.57. The number of aromatic nitrogens is 1. The number of para-hydroxylation sites is 2. The summed E-state index contributed by atoms with van der Waals surface area (Å²) >= 11 is 0. The Labute approximate surface area is 221 Å². The zero-order valence-electron chi connectivity index (χ0n) is 21.5. The number of hydrogen-bond acceptors (Lipinski definition) is 5. The number of carbonyl (C=O) groups excluding carboxylic acids is 2. The Kier molecular flexibility index (Phi) is 5.63. The summed E-state index contributed by atoms with van der Waals surface area (Å²) in [6.45, 7) is 3.96. The summed E-state index contributed by atoms with van der Waals surface area (Å²) in [5, 5.41) is 3.87. The predicted octanol–water partition coefficient (Wildman–Crippen LogP) is 2.58. The van der Waals surface area contributed by atoms with E-state index in [1.54, 1.807) is 6.07 Å². The number of H-pyrrole nitrogens is 1. The maximum Gasteiger partial charge on any atom is 0.253 e. The molecule has 1 spiro atoms. The van der Waals surface area contributed by atoms with Crippen LogP contribution in [0.2, 0.25) is 0 Å². The molecular formula is C30H33N5O3. The lowest BCUT2D eigenvalue weighted by atomic mass is 9.78. The first-order valence-corrected chi connectivity index (χ1v) is 13.9.